The topological polar surface area (TPSA) is 98.2 Å². The Morgan fingerprint density at radius 1 is 1.03 bits per heavy atom. The molecule has 1 amide bonds. The second kappa shape index (κ2) is 9.18. The highest BCUT2D eigenvalue weighted by Crippen LogP contribution is 2.33. The van der Waals surface area contributed by atoms with Crippen molar-refractivity contribution in [2.24, 2.45) is 0 Å². The van der Waals surface area contributed by atoms with Crippen LogP contribution in [0.1, 0.15) is 42.4 Å². The Morgan fingerprint density at radius 3 is 2.39 bits per heavy atom. The number of thiol groups is 1. The fourth-order valence-electron chi connectivity index (χ4n) is 2.80. The molecule has 1 N–H and O–H groups in total. The Labute approximate surface area is 189 Å². The summed E-state index contributed by atoms with van der Waals surface area (Å²) < 4.78 is 67.1. The minimum atomic E-state index is -4.66. The first-order chi connectivity index (χ1) is 15.3. The van der Waals surface area contributed by atoms with Gasteiger partial charge in [0.1, 0.15) is 11.4 Å². The van der Waals surface area contributed by atoms with E-state index >= 15 is 0 Å². The van der Waals surface area contributed by atoms with E-state index in [1.165, 1.54) is 24.4 Å². The number of aromatic nitrogens is 2. The van der Waals surface area contributed by atoms with Crippen LogP contribution in [0.25, 0.3) is 0 Å². The van der Waals surface area contributed by atoms with E-state index in [9.17, 15) is 26.4 Å². The van der Waals surface area contributed by atoms with Crippen LogP contribution in [-0.2, 0) is 22.3 Å². The van der Waals surface area contributed by atoms with Gasteiger partial charge in [0.25, 0.3) is 5.91 Å². The maximum atomic E-state index is 13.0. The zero-order chi connectivity index (χ0) is 24.4. The molecule has 0 bridgehead atoms. The van der Waals surface area contributed by atoms with E-state index in [-0.39, 0.29) is 33.2 Å². The van der Waals surface area contributed by atoms with Crippen molar-refractivity contribution in [3.05, 3.63) is 71.7 Å². The van der Waals surface area contributed by atoms with Crippen LogP contribution in [0.5, 0.6) is 11.6 Å². The number of nitrogens with zero attached hydrogens (tertiary/aromatic N) is 2. The molecule has 7 nitrogen and oxygen atoms in total. The smallest absolute Gasteiger partial charge is 0.433 e. The third-order valence-electron chi connectivity index (χ3n) is 4.51. The number of carbonyl (C=O) groups excluding carboxylic acids is 1. The number of rotatable bonds is 5. The molecule has 0 aliphatic rings. The van der Waals surface area contributed by atoms with Gasteiger partial charge in [-0.2, -0.15) is 13.2 Å². The van der Waals surface area contributed by atoms with Crippen molar-refractivity contribution < 1.29 is 31.1 Å². The van der Waals surface area contributed by atoms with Gasteiger partial charge in [-0.15, -0.1) is 0 Å². The van der Waals surface area contributed by atoms with Crippen molar-refractivity contribution in [2.45, 2.75) is 37.3 Å². The normalized spacial score (nSPS) is 12.0. The largest absolute Gasteiger partial charge is 0.438 e. The van der Waals surface area contributed by atoms with E-state index in [0.29, 0.717) is 0 Å². The highest BCUT2D eigenvalue weighted by Gasteiger charge is 2.33. The molecule has 0 spiro atoms. The second-order valence-corrected chi connectivity index (χ2v) is 9.10. The minimum Gasteiger partial charge on any atom is -0.438 e. The van der Waals surface area contributed by atoms with E-state index < -0.39 is 28.5 Å². The van der Waals surface area contributed by atoms with Gasteiger partial charge in [0.2, 0.25) is 5.88 Å². The van der Waals surface area contributed by atoms with Crippen molar-refractivity contribution >= 4 is 22.3 Å². The molecule has 0 saturated carbocycles. The second-order valence-electron chi connectivity index (χ2n) is 8.06. The average Bonchev–Trinajstić information content (AvgIpc) is 2.72. The summed E-state index contributed by atoms with van der Waals surface area (Å²) in [6.45, 7) is 5.78. The lowest BCUT2D eigenvalue weighted by atomic mass is 9.86. The van der Waals surface area contributed by atoms with Crippen LogP contribution < -0.4 is 10.1 Å². The third-order valence-corrected chi connectivity index (χ3v) is 5.18. The molecule has 0 saturated heterocycles. The van der Waals surface area contributed by atoms with Gasteiger partial charge in [-0.1, -0.05) is 32.9 Å². The highest BCUT2D eigenvalue weighted by atomic mass is 32.2. The molecule has 0 aliphatic carbocycles. The molecule has 3 rings (SSSR count). The number of hydrogen-bond acceptors (Lipinski definition) is 6. The Hall–Kier alpha value is -3.47. The Balaban J connectivity index is 2.00. The summed E-state index contributed by atoms with van der Waals surface area (Å²) in [5.74, 6) is -1.01. The number of ether oxygens (including phenoxy) is 1. The molecule has 3 aromatic rings. The number of anilines is 1. The van der Waals surface area contributed by atoms with Gasteiger partial charge in [0.05, 0.1) is 22.3 Å². The molecule has 2 aromatic heterocycles. The zero-order valence-corrected chi connectivity index (χ0v) is 18.7. The highest BCUT2D eigenvalue weighted by molar-refractivity contribution is 7.72. The summed E-state index contributed by atoms with van der Waals surface area (Å²) in [6, 6.07) is 9.18. The van der Waals surface area contributed by atoms with Gasteiger partial charge in [-0.3, -0.25) is 9.78 Å². The Morgan fingerprint density at radius 2 is 1.76 bits per heavy atom. The average molecular weight is 479 g/mol. The van der Waals surface area contributed by atoms with E-state index in [1.807, 2.05) is 20.8 Å². The van der Waals surface area contributed by atoms with Crippen LogP contribution in [-0.4, -0.2) is 24.3 Å². The first-order valence-corrected chi connectivity index (χ1v) is 10.8. The summed E-state index contributed by atoms with van der Waals surface area (Å²) in [5.41, 5.74) is -0.564. The number of alkyl halides is 3. The summed E-state index contributed by atoms with van der Waals surface area (Å²) in [7, 11) is -2.90. The van der Waals surface area contributed by atoms with Crippen LogP contribution in [0.15, 0.2) is 59.8 Å². The third kappa shape index (κ3) is 6.07. The number of carbonyl (C=O) groups is 1. The van der Waals surface area contributed by atoms with Crippen LogP contribution in [0.2, 0.25) is 0 Å². The van der Waals surface area contributed by atoms with Gasteiger partial charge < -0.3 is 10.1 Å². The van der Waals surface area contributed by atoms with Crippen LogP contribution in [0.4, 0.5) is 18.9 Å². The van der Waals surface area contributed by atoms with Crippen LogP contribution in [0.3, 0.4) is 0 Å². The standard InChI is InChI=1S/C22H20F3N3O4S/c1-21(2,3)13-7-8-16(20(29)27-14-10-15(33(30)31)12-26-11-14)17(9-13)32-19-6-4-5-18(28-19)22(23,24)25/h4-12,33H,1-3H3,(H,27,29). The van der Waals surface area contributed by atoms with Gasteiger partial charge in [-0.05, 0) is 35.2 Å². The number of nitrogens with one attached hydrogen (secondary N) is 1. The molecule has 33 heavy (non-hydrogen) atoms. The number of benzene rings is 1. The predicted octanol–water partition coefficient (Wildman–Crippen LogP) is 4.81. The maximum Gasteiger partial charge on any atom is 0.433 e. The SMILES string of the molecule is CC(C)(C)c1ccc(C(=O)Nc2cncc([SH](=O)=O)c2)c(Oc2cccc(C(F)(F)F)n2)c1. The summed E-state index contributed by atoms with van der Waals surface area (Å²) >= 11 is 0. The van der Waals surface area contributed by atoms with Crippen molar-refractivity contribution in [2.75, 3.05) is 5.32 Å². The zero-order valence-electron chi connectivity index (χ0n) is 17.8. The van der Waals surface area contributed by atoms with Gasteiger partial charge in [-0.25, -0.2) is 13.4 Å². The Bertz CT molecular complexity index is 1260. The predicted molar refractivity (Wildman–Crippen MR) is 115 cm³/mol. The molecule has 0 fully saturated rings. The first kappa shape index (κ1) is 24.2. The first-order valence-electron chi connectivity index (χ1n) is 9.62. The fourth-order valence-corrected chi connectivity index (χ4v) is 3.20. The maximum absolute atomic E-state index is 13.0. The number of halogens is 3. The molecule has 11 heteroatoms. The lowest BCUT2D eigenvalue weighted by Gasteiger charge is -2.21. The van der Waals surface area contributed by atoms with Gasteiger partial charge in [0.15, 0.2) is 10.7 Å². The molecular weight excluding hydrogens is 459 g/mol. The summed E-state index contributed by atoms with van der Waals surface area (Å²) in [6.07, 6.45) is -2.26. The van der Waals surface area contributed by atoms with Crippen molar-refractivity contribution in [1.82, 2.24) is 9.97 Å². The monoisotopic (exact) mass is 479 g/mol. The van der Waals surface area contributed by atoms with E-state index in [0.717, 1.165) is 23.9 Å². The Kier molecular flexibility index (Phi) is 6.73. The molecule has 0 unspecified atom stereocenters. The molecule has 0 aliphatic heterocycles. The molecule has 0 radical (unpaired) electrons. The lowest BCUT2D eigenvalue weighted by Crippen LogP contribution is -2.16. The molecular formula is C22H20F3N3O4S. The van der Waals surface area contributed by atoms with Crippen molar-refractivity contribution in [1.29, 1.82) is 0 Å². The fraction of sp³-hybridized carbons (Fsp3) is 0.227. The number of pyridine rings is 2. The quantitative estimate of drug-likeness (QED) is 0.510. The van der Waals surface area contributed by atoms with Gasteiger partial charge in [0, 0.05) is 12.3 Å². The van der Waals surface area contributed by atoms with E-state index in [1.54, 1.807) is 12.1 Å². The number of amides is 1. The van der Waals surface area contributed by atoms with Gasteiger partial charge >= 0.3 is 6.18 Å². The molecule has 2 heterocycles. The van der Waals surface area contributed by atoms with E-state index in [2.05, 4.69) is 15.3 Å². The summed E-state index contributed by atoms with van der Waals surface area (Å²) in [5, 5.41) is 2.52. The number of hydrogen-bond donors (Lipinski definition) is 2. The van der Waals surface area contributed by atoms with Crippen LogP contribution >= 0.6 is 0 Å². The molecule has 0 atom stereocenters. The van der Waals surface area contributed by atoms with Crippen molar-refractivity contribution in [3.8, 4) is 11.6 Å². The minimum absolute atomic E-state index is 0.00855. The van der Waals surface area contributed by atoms with E-state index in [4.69, 9.17) is 4.74 Å². The molecule has 1 aromatic carbocycles. The summed E-state index contributed by atoms with van der Waals surface area (Å²) in [4.78, 5) is 20.1. The van der Waals surface area contributed by atoms with Crippen molar-refractivity contribution in [3.63, 3.8) is 0 Å². The molecule has 174 valence electrons. The lowest BCUT2D eigenvalue weighted by molar-refractivity contribution is -0.141. The van der Waals surface area contributed by atoms with Crippen LogP contribution in [0, 0.1) is 0 Å².